The number of carbonyl (C=O) groups is 1. The Kier molecular flexibility index (Phi) is 5.95. The van der Waals surface area contributed by atoms with Crippen LogP contribution in [0.15, 0.2) is 73.4 Å². The predicted molar refractivity (Wildman–Crippen MR) is 145 cm³/mol. The molecule has 0 aliphatic heterocycles. The molecule has 0 radical (unpaired) electrons. The van der Waals surface area contributed by atoms with E-state index in [0.29, 0.717) is 35.1 Å². The number of nitrogen functional groups attached to an aromatic ring is 1. The number of amides is 1. The number of rotatable bonds is 7. The zero-order valence-corrected chi connectivity index (χ0v) is 21.1. The number of pyridine rings is 3. The number of hydrogen-bond donors (Lipinski definition) is 2. The summed E-state index contributed by atoms with van der Waals surface area (Å²) in [4.78, 5) is 26.3. The van der Waals surface area contributed by atoms with Crippen molar-refractivity contribution in [1.82, 2.24) is 24.7 Å². The molecule has 9 heteroatoms. The minimum atomic E-state index is -0.0814. The Morgan fingerprint density at radius 2 is 2.00 bits per heavy atom. The van der Waals surface area contributed by atoms with Crippen LogP contribution in [0.1, 0.15) is 29.0 Å². The van der Waals surface area contributed by atoms with Gasteiger partial charge in [0.15, 0.2) is 0 Å². The molecule has 1 aliphatic carbocycles. The minimum Gasteiger partial charge on any atom is -0.487 e. The van der Waals surface area contributed by atoms with Gasteiger partial charge >= 0.3 is 0 Å². The molecule has 1 aliphatic rings. The van der Waals surface area contributed by atoms with Crippen molar-refractivity contribution in [1.29, 1.82) is 0 Å². The Hall–Kier alpha value is -4.79. The van der Waals surface area contributed by atoms with Crippen LogP contribution < -0.4 is 15.8 Å². The molecule has 0 spiro atoms. The van der Waals surface area contributed by atoms with E-state index in [0.717, 1.165) is 34.1 Å². The Balaban J connectivity index is 1.23. The van der Waals surface area contributed by atoms with E-state index in [9.17, 15) is 4.79 Å². The lowest BCUT2D eigenvalue weighted by molar-refractivity contribution is -0.117. The number of carbonyl (C=O) groups excluding carboxylic acids is 1. The van der Waals surface area contributed by atoms with Gasteiger partial charge in [-0.2, -0.15) is 5.10 Å². The Morgan fingerprint density at radius 3 is 2.79 bits per heavy atom. The maximum Gasteiger partial charge on any atom is 0.229 e. The normalized spacial score (nSPS) is 16.4. The second-order valence-electron chi connectivity index (χ2n) is 9.65. The lowest BCUT2D eigenvalue weighted by Crippen LogP contribution is -2.15. The van der Waals surface area contributed by atoms with E-state index in [2.05, 4.69) is 25.4 Å². The quantitative estimate of drug-likeness (QED) is 0.331. The van der Waals surface area contributed by atoms with Crippen molar-refractivity contribution < 1.29 is 9.53 Å². The first-order valence-electron chi connectivity index (χ1n) is 12.4. The first-order chi connectivity index (χ1) is 18.5. The summed E-state index contributed by atoms with van der Waals surface area (Å²) in [5.74, 6) is 1.59. The first kappa shape index (κ1) is 23.6. The number of ether oxygens (including phenoxy) is 1. The summed E-state index contributed by atoms with van der Waals surface area (Å²) >= 11 is 0. The van der Waals surface area contributed by atoms with Crippen LogP contribution in [-0.2, 0) is 18.4 Å². The molecular weight excluding hydrogens is 478 g/mol. The molecule has 1 fully saturated rings. The van der Waals surface area contributed by atoms with Gasteiger partial charge in [0.25, 0.3) is 0 Å². The fourth-order valence-electron chi connectivity index (χ4n) is 4.73. The van der Waals surface area contributed by atoms with E-state index < -0.39 is 0 Å². The maximum absolute atomic E-state index is 12.9. The maximum atomic E-state index is 12.9. The molecule has 4 aromatic heterocycles. The van der Waals surface area contributed by atoms with E-state index in [1.807, 2.05) is 68.8 Å². The summed E-state index contributed by atoms with van der Waals surface area (Å²) < 4.78 is 7.81. The number of nitrogens with one attached hydrogen (secondary N) is 1. The third-order valence-electron chi connectivity index (χ3n) is 6.96. The predicted octanol–water partition coefficient (Wildman–Crippen LogP) is 4.64. The lowest BCUT2D eigenvalue weighted by atomic mass is 10.0. The molecule has 4 heterocycles. The van der Waals surface area contributed by atoms with E-state index in [-0.39, 0.29) is 17.7 Å². The number of fused-ring (bicyclic) bond motifs is 1. The van der Waals surface area contributed by atoms with Gasteiger partial charge in [0.05, 0.1) is 18.1 Å². The highest BCUT2D eigenvalue weighted by molar-refractivity contribution is 5.98. The topological polar surface area (TPSA) is 121 Å². The number of hydrogen-bond acceptors (Lipinski definition) is 7. The molecule has 0 unspecified atom stereocenters. The molecule has 9 nitrogen and oxygen atoms in total. The van der Waals surface area contributed by atoms with Gasteiger partial charge in [-0.1, -0.05) is 30.3 Å². The fraction of sp³-hybridized carbons (Fsp3) is 0.207. The molecular formula is C29H27N7O2. The number of aryl methyl sites for hydroxylation is 1. The molecule has 1 aromatic carbocycles. The van der Waals surface area contributed by atoms with Crippen LogP contribution in [0.3, 0.4) is 0 Å². The summed E-state index contributed by atoms with van der Waals surface area (Å²) in [5.41, 5.74) is 10.9. The van der Waals surface area contributed by atoms with Gasteiger partial charge in [0.2, 0.25) is 5.91 Å². The molecule has 0 bridgehead atoms. The molecule has 38 heavy (non-hydrogen) atoms. The van der Waals surface area contributed by atoms with Crippen molar-refractivity contribution >= 4 is 28.3 Å². The number of nitrogens with zero attached hydrogens (tertiary/aromatic N) is 5. The van der Waals surface area contributed by atoms with Crippen LogP contribution in [0.25, 0.3) is 22.0 Å². The smallest absolute Gasteiger partial charge is 0.229 e. The van der Waals surface area contributed by atoms with Crippen LogP contribution in [0, 0.1) is 12.8 Å². The Bertz CT molecular complexity index is 1650. The van der Waals surface area contributed by atoms with Crippen molar-refractivity contribution in [2.75, 3.05) is 11.1 Å². The second-order valence-corrected chi connectivity index (χ2v) is 9.65. The monoisotopic (exact) mass is 505 g/mol. The highest BCUT2D eigenvalue weighted by Crippen LogP contribution is 2.47. The third kappa shape index (κ3) is 4.66. The van der Waals surface area contributed by atoms with Crippen LogP contribution in [0.4, 0.5) is 11.6 Å². The summed E-state index contributed by atoms with van der Waals surface area (Å²) in [5, 5.41) is 8.72. The van der Waals surface area contributed by atoms with Crippen molar-refractivity contribution in [2.24, 2.45) is 13.0 Å². The Labute approximate surface area is 219 Å². The van der Waals surface area contributed by atoms with Gasteiger partial charge in [-0.3, -0.25) is 14.5 Å². The fourth-order valence-corrected chi connectivity index (χ4v) is 4.73. The zero-order valence-electron chi connectivity index (χ0n) is 21.1. The molecule has 1 saturated carbocycles. The Morgan fingerprint density at radius 1 is 1.16 bits per heavy atom. The van der Waals surface area contributed by atoms with Crippen molar-refractivity contribution in [2.45, 2.75) is 25.9 Å². The zero-order chi connectivity index (χ0) is 26.2. The summed E-state index contributed by atoms with van der Waals surface area (Å²) in [6.45, 7) is 2.42. The summed E-state index contributed by atoms with van der Waals surface area (Å²) in [6, 6.07) is 13.7. The third-order valence-corrected chi connectivity index (χ3v) is 6.96. The molecule has 2 atom stereocenters. The van der Waals surface area contributed by atoms with Crippen LogP contribution in [-0.4, -0.2) is 30.6 Å². The van der Waals surface area contributed by atoms with Gasteiger partial charge in [0.1, 0.15) is 24.0 Å². The summed E-state index contributed by atoms with van der Waals surface area (Å²) in [6.07, 6.45) is 9.70. The average Bonchev–Trinajstić information content (AvgIpc) is 3.61. The first-order valence-corrected chi connectivity index (χ1v) is 12.4. The van der Waals surface area contributed by atoms with Crippen molar-refractivity contribution in [3.8, 4) is 17.0 Å². The van der Waals surface area contributed by atoms with E-state index in [1.165, 1.54) is 0 Å². The summed E-state index contributed by atoms with van der Waals surface area (Å²) in [7, 11) is 1.88. The number of anilines is 2. The number of nitrogens with two attached hydrogens (primary N) is 1. The molecule has 5 aromatic rings. The van der Waals surface area contributed by atoms with E-state index >= 15 is 0 Å². The second kappa shape index (κ2) is 9.59. The van der Waals surface area contributed by atoms with Crippen molar-refractivity contribution in [3.63, 3.8) is 0 Å². The van der Waals surface area contributed by atoms with Crippen LogP contribution >= 0.6 is 0 Å². The molecule has 3 N–H and O–H groups in total. The van der Waals surface area contributed by atoms with E-state index in [1.54, 1.807) is 23.3 Å². The van der Waals surface area contributed by atoms with Gasteiger partial charge in [-0.15, -0.1) is 0 Å². The standard InChI is InChI=1S/C29H27N7O2/c1-17-23(12-31-14-26(17)38-16-18-6-4-3-5-7-18)25-8-19-9-27(32-13-24(19)28(30)34-25)35-29(37)22-10-21(22)20-11-33-36(2)15-20/h3-9,11-15,21-22H,10,16H2,1-2H3,(H2,30,34)(H,32,35,37)/t21-,22+/m1/s1. The number of aromatic nitrogens is 5. The minimum absolute atomic E-state index is 0.0451. The van der Waals surface area contributed by atoms with Gasteiger partial charge in [0, 0.05) is 48.1 Å². The average molecular weight is 506 g/mol. The van der Waals surface area contributed by atoms with E-state index in [4.69, 9.17) is 10.5 Å². The number of benzene rings is 1. The van der Waals surface area contributed by atoms with Crippen molar-refractivity contribution in [3.05, 3.63) is 90.1 Å². The van der Waals surface area contributed by atoms with Gasteiger partial charge < -0.3 is 15.8 Å². The van der Waals surface area contributed by atoms with Gasteiger partial charge in [-0.25, -0.2) is 9.97 Å². The molecule has 1 amide bonds. The highest BCUT2D eigenvalue weighted by Gasteiger charge is 2.44. The van der Waals surface area contributed by atoms with Gasteiger partial charge in [-0.05, 0) is 47.9 Å². The lowest BCUT2D eigenvalue weighted by Gasteiger charge is -2.13. The highest BCUT2D eigenvalue weighted by atomic mass is 16.5. The molecule has 0 saturated heterocycles. The molecule has 6 rings (SSSR count). The van der Waals surface area contributed by atoms with Crippen LogP contribution in [0.2, 0.25) is 0 Å². The largest absolute Gasteiger partial charge is 0.487 e. The van der Waals surface area contributed by atoms with Crippen LogP contribution in [0.5, 0.6) is 5.75 Å². The SMILES string of the molecule is Cc1c(OCc2ccccc2)cncc1-c1cc2cc(NC(=O)[C@H]3C[C@@H]3c3cnn(C)c3)ncc2c(N)n1. The molecule has 190 valence electrons.